The quantitative estimate of drug-likeness (QED) is 0.0103. The number of nitrogens with zero attached hydrogens (tertiary/aromatic N) is 2. The molecule has 0 bridgehead atoms. The van der Waals surface area contributed by atoms with Crippen LogP contribution in [0.3, 0.4) is 0 Å². The summed E-state index contributed by atoms with van der Waals surface area (Å²) in [7, 11) is 0. The lowest BCUT2D eigenvalue weighted by Crippen LogP contribution is -2.55. The normalized spacial score (nSPS) is 14.0. The molecule has 5 amide bonds. The van der Waals surface area contributed by atoms with Crippen LogP contribution in [0.15, 0.2) is 112 Å². The highest BCUT2D eigenvalue weighted by Crippen LogP contribution is 2.43. The zero-order valence-corrected chi connectivity index (χ0v) is 63.9. The average Bonchev–Trinajstić information content (AvgIpc) is 0.864. The highest BCUT2D eigenvalue weighted by molar-refractivity contribution is 7.80. The van der Waals surface area contributed by atoms with E-state index in [4.69, 9.17) is 73.5 Å². The topological polar surface area (TPSA) is 363 Å². The third-order valence-electron chi connectivity index (χ3n) is 17.6. The molecule has 8 rings (SSSR count). The largest absolute Gasteiger partial charge is 0.508 e. The molecular weight excluding hydrogens is 1440 g/mol. The molecule has 31 heteroatoms. The molecule has 0 spiro atoms. The van der Waals surface area contributed by atoms with E-state index in [0.717, 1.165) is 37.8 Å². The van der Waals surface area contributed by atoms with Crippen molar-refractivity contribution in [3.8, 4) is 28.2 Å². The van der Waals surface area contributed by atoms with Crippen molar-refractivity contribution in [2.75, 3.05) is 212 Å². The molecule has 0 radical (unpaired) electrons. The Kier molecular flexibility index (Phi) is 37.9. The summed E-state index contributed by atoms with van der Waals surface area (Å²) in [6.45, 7) is 15.8. The molecule has 2 aliphatic heterocycles. The maximum absolute atomic E-state index is 14.4. The van der Waals surface area contributed by atoms with Crippen molar-refractivity contribution in [2.24, 2.45) is 5.41 Å². The molecular formula is C79H106N8O22S. The zero-order chi connectivity index (χ0) is 78.1. The van der Waals surface area contributed by atoms with Crippen molar-refractivity contribution in [2.45, 2.75) is 71.4 Å². The zero-order valence-electron chi connectivity index (χ0n) is 63.1. The number of rotatable bonds is 51. The molecule has 600 valence electrons. The highest BCUT2D eigenvalue weighted by Gasteiger charge is 2.39. The number of phenols is 1. The average molecular weight is 1550 g/mol. The third-order valence-corrected chi connectivity index (χ3v) is 17.8. The van der Waals surface area contributed by atoms with Gasteiger partial charge in [0, 0.05) is 89.6 Å². The number of hydrogen-bond acceptors (Lipinski definition) is 23. The first-order valence-corrected chi connectivity index (χ1v) is 37.8. The maximum atomic E-state index is 14.4. The van der Waals surface area contributed by atoms with E-state index in [1.807, 2.05) is 45.0 Å². The monoisotopic (exact) mass is 1550 g/mol. The van der Waals surface area contributed by atoms with Gasteiger partial charge in [-0.3, -0.25) is 24.0 Å². The molecule has 0 saturated heterocycles. The summed E-state index contributed by atoms with van der Waals surface area (Å²) >= 11 is 5.42. The minimum atomic E-state index is -1.19. The highest BCUT2D eigenvalue weighted by atomic mass is 32.1. The second-order valence-corrected chi connectivity index (χ2v) is 27.1. The van der Waals surface area contributed by atoms with E-state index in [2.05, 4.69) is 36.8 Å². The lowest BCUT2D eigenvalue weighted by Gasteiger charge is -2.37. The number of thiocarbonyl (C=S) groups is 1. The van der Waals surface area contributed by atoms with Crippen LogP contribution < -0.4 is 47.1 Å². The fraction of sp³-hybridized carbons (Fsp3) is 0.519. The number of para-hydroxylation sites is 2. The first kappa shape index (κ1) is 86.8. The van der Waals surface area contributed by atoms with Crippen molar-refractivity contribution in [1.29, 1.82) is 0 Å². The first-order chi connectivity index (χ1) is 53.4. The molecule has 8 N–H and O–H groups in total. The van der Waals surface area contributed by atoms with E-state index in [1.54, 1.807) is 48.5 Å². The van der Waals surface area contributed by atoms with Gasteiger partial charge in [0.05, 0.1) is 182 Å². The van der Waals surface area contributed by atoms with E-state index in [1.165, 1.54) is 35.2 Å². The summed E-state index contributed by atoms with van der Waals surface area (Å²) in [6.07, 6.45) is 5.40. The minimum absolute atomic E-state index is 0.0329. The van der Waals surface area contributed by atoms with E-state index < -0.39 is 23.5 Å². The Balaban J connectivity index is 0.516. The number of benzene rings is 5. The summed E-state index contributed by atoms with van der Waals surface area (Å²) in [5.74, 6) is -2.00. The lowest BCUT2D eigenvalue weighted by atomic mass is 9.90. The number of carboxylic acid groups (broad SMARTS) is 1. The van der Waals surface area contributed by atoms with Crippen molar-refractivity contribution >= 4 is 86.6 Å². The summed E-state index contributed by atoms with van der Waals surface area (Å²) in [5.41, 5.74) is 3.35. The van der Waals surface area contributed by atoms with E-state index in [0.29, 0.717) is 197 Å². The van der Waals surface area contributed by atoms with Crippen LogP contribution in [0.25, 0.3) is 33.4 Å². The van der Waals surface area contributed by atoms with Gasteiger partial charge >= 0.3 is 12.0 Å². The fourth-order valence-electron chi connectivity index (χ4n) is 11.9. The predicted molar refractivity (Wildman–Crippen MR) is 417 cm³/mol. The van der Waals surface area contributed by atoms with E-state index in [9.17, 15) is 43.8 Å². The summed E-state index contributed by atoms with van der Waals surface area (Å²) in [6, 6.07) is 26.4. The van der Waals surface area contributed by atoms with Gasteiger partial charge in [0.2, 0.25) is 5.91 Å². The Hall–Kier alpha value is -8.80. The number of carboxylic acids is 1. The number of hydrogen-bond donors (Lipinski definition) is 8. The number of phenolic OH excluding ortho intramolecular Hbond substituents is 1. The molecule has 4 aromatic rings. The van der Waals surface area contributed by atoms with E-state index >= 15 is 0 Å². The number of amides is 5. The number of nitrogens with one attached hydrogen (secondary N) is 6. The first-order valence-electron chi connectivity index (χ1n) is 37.4. The van der Waals surface area contributed by atoms with Gasteiger partial charge in [-0.25, -0.2) is 9.59 Å². The van der Waals surface area contributed by atoms with Gasteiger partial charge in [-0.1, -0.05) is 64.3 Å². The van der Waals surface area contributed by atoms with Crippen LogP contribution in [0.5, 0.6) is 5.75 Å². The standard InChI is InChI=1S/C79H106N8O22S/c1-79(2,3)71(90)55-87-68-15-8-7-14-67(68)86(59-12-5-4-6-13-59)54-66(75(87)93)85-77(96)83-57-11-9-10-56(50-57)74(92)81-25-27-98-29-31-100-33-35-102-37-39-104-41-43-106-45-47-108-49-48-107-46-44-105-42-40-103-38-36-101-34-32-99-30-28-97-26-22-72(91)80-23-24-82-78(110)84-58-16-19-62(65(51-58)76(94)95)73-63-20-17-60(88)52-69(63)109-70-53-61(89)18-21-64(70)73/h7-11,14-21,50-53,59,66,88H,4-6,12-13,22-49,54-55H2,1-3H3,(H,80,91)(H,81,92)(H,94,95)(H2,82,84,110)(H2,83,85,96)/t66-/m1/s1. The third kappa shape index (κ3) is 30.1. The van der Waals surface area contributed by atoms with Gasteiger partial charge in [-0.2, -0.15) is 0 Å². The molecule has 1 saturated carbocycles. The number of anilines is 4. The van der Waals surface area contributed by atoms with Crippen LogP contribution in [-0.2, 0) is 71.2 Å². The van der Waals surface area contributed by atoms with Crippen LogP contribution in [0, 0.1) is 5.41 Å². The van der Waals surface area contributed by atoms with Crippen molar-refractivity contribution < 1.29 is 100 Å². The Morgan fingerprint density at radius 1 is 0.536 bits per heavy atom. The van der Waals surface area contributed by atoms with Crippen LogP contribution >= 0.6 is 12.2 Å². The molecule has 2 aliphatic carbocycles. The molecule has 2 heterocycles. The molecule has 4 aromatic carbocycles. The maximum Gasteiger partial charge on any atom is 0.336 e. The summed E-state index contributed by atoms with van der Waals surface area (Å²) < 4.78 is 72.6. The van der Waals surface area contributed by atoms with Gasteiger partial charge in [-0.05, 0) is 97.4 Å². The Bertz CT molecular complexity index is 3890. The van der Waals surface area contributed by atoms with Gasteiger partial charge in [0.15, 0.2) is 16.3 Å². The van der Waals surface area contributed by atoms with Gasteiger partial charge in [0.25, 0.3) is 11.8 Å². The number of carbonyl (C=O) groups excluding carboxylic acids is 5. The Morgan fingerprint density at radius 3 is 1.63 bits per heavy atom. The molecule has 30 nitrogen and oxygen atoms in total. The minimum Gasteiger partial charge on any atom is -0.508 e. The number of ether oxygens (including phenoxy) is 12. The molecule has 1 atom stereocenters. The second kappa shape index (κ2) is 48.1. The van der Waals surface area contributed by atoms with Crippen molar-refractivity contribution in [1.82, 2.24) is 21.3 Å². The predicted octanol–water partition coefficient (Wildman–Crippen LogP) is 7.68. The number of aromatic hydroxyl groups is 1. The van der Waals surface area contributed by atoms with Crippen molar-refractivity contribution in [3.63, 3.8) is 0 Å². The Morgan fingerprint density at radius 2 is 1.06 bits per heavy atom. The van der Waals surface area contributed by atoms with Crippen LogP contribution in [0.4, 0.5) is 27.5 Å². The molecule has 1 fully saturated rings. The van der Waals surface area contributed by atoms with Gasteiger partial charge in [0.1, 0.15) is 23.1 Å². The number of ketones is 1. The van der Waals surface area contributed by atoms with Gasteiger partial charge < -0.3 is 113 Å². The lowest BCUT2D eigenvalue weighted by molar-refractivity contribution is -0.127. The fourth-order valence-corrected chi connectivity index (χ4v) is 12.1. The van der Waals surface area contributed by atoms with Crippen LogP contribution in [-0.4, -0.2) is 254 Å². The summed E-state index contributed by atoms with van der Waals surface area (Å²) in [4.78, 5) is 95.2. The second-order valence-electron chi connectivity index (χ2n) is 26.7. The number of Topliss-reactive ketones (excluding diaryl/α,β-unsaturated/α-hetero) is 1. The number of aromatic carboxylic acids is 1. The Labute approximate surface area is 646 Å². The van der Waals surface area contributed by atoms with Gasteiger partial charge in [-0.15, -0.1) is 0 Å². The smallest absolute Gasteiger partial charge is 0.336 e. The van der Waals surface area contributed by atoms with E-state index in [-0.39, 0.29) is 109 Å². The molecule has 110 heavy (non-hydrogen) atoms. The number of fused-ring (bicyclic) bond motifs is 3. The molecule has 4 aliphatic rings. The van der Waals surface area contributed by atoms with Crippen LogP contribution in [0.1, 0.15) is 80.0 Å². The number of carbonyl (C=O) groups is 6. The van der Waals surface area contributed by atoms with Crippen molar-refractivity contribution in [3.05, 3.63) is 124 Å². The number of urea groups is 1. The molecule has 0 aromatic heterocycles. The van der Waals surface area contributed by atoms with Crippen LogP contribution in [0.2, 0.25) is 0 Å². The SMILES string of the molecule is CC(C)(C)C(=O)CN1C(=O)[C@H](NC(=O)Nc2cccc(C(=O)NCCOCCOCCOCCOCCOCCOCCOCCOCCOCCOCCOCCOCCC(=O)NCCNC(=S)Nc3ccc(-c4c5ccc(=O)cc-5oc5cc(O)ccc45)c(C(=O)O)c3)c2)CN(C2CCCCC2)c2ccccc21. The summed E-state index contributed by atoms with van der Waals surface area (Å²) in [5, 5.41) is 38.4. The molecule has 0 unspecified atom stereocenters.